The first-order chi connectivity index (χ1) is 14.0. The number of carbonyl (C=O) groups is 4. The molecule has 0 saturated carbocycles. The lowest BCUT2D eigenvalue weighted by atomic mass is 9.99. The molecule has 0 saturated heterocycles. The van der Waals surface area contributed by atoms with E-state index in [-0.39, 0.29) is 12.3 Å². The van der Waals surface area contributed by atoms with Crippen LogP contribution >= 0.6 is 0 Å². The Kier molecular flexibility index (Phi) is 12.8. The van der Waals surface area contributed by atoms with Gasteiger partial charge in [0.1, 0.15) is 12.1 Å². The molecule has 0 fully saturated rings. The molecule has 0 bridgehead atoms. The summed E-state index contributed by atoms with van der Waals surface area (Å²) >= 11 is 0. The number of unbranched alkanes of at least 4 members (excludes halogenated alkanes) is 1. The van der Waals surface area contributed by atoms with E-state index in [2.05, 4.69) is 16.0 Å². The normalized spacial score (nSPS) is 17.0. The summed E-state index contributed by atoms with van der Waals surface area (Å²) in [6, 6.07) is -4.29. The number of hydrogen-bond acceptors (Lipinski definition) is 7. The van der Waals surface area contributed by atoms with Crippen LogP contribution in [0.3, 0.4) is 0 Å². The number of carboxylic acid groups (broad SMARTS) is 1. The molecule has 0 aromatic heterocycles. The third kappa shape index (κ3) is 9.51. The molecule has 30 heavy (non-hydrogen) atoms. The van der Waals surface area contributed by atoms with Crippen molar-refractivity contribution in [3.8, 4) is 0 Å². The van der Waals surface area contributed by atoms with Crippen molar-refractivity contribution < 1.29 is 29.4 Å². The van der Waals surface area contributed by atoms with Crippen molar-refractivity contribution in [2.75, 3.05) is 6.54 Å². The zero-order valence-corrected chi connectivity index (χ0v) is 18.2. The Balaban J connectivity index is 5.12. The molecule has 0 radical (unpaired) electrons. The molecule has 6 unspecified atom stereocenters. The van der Waals surface area contributed by atoms with Crippen LogP contribution in [0.15, 0.2) is 0 Å². The van der Waals surface area contributed by atoms with Gasteiger partial charge in [0.15, 0.2) is 6.04 Å². The summed E-state index contributed by atoms with van der Waals surface area (Å²) in [6.07, 6.45) is 0.711. The first-order valence-corrected chi connectivity index (χ1v) is 10.2. The number of carbonyl (C=O) groups excluding carboxylic acids is 3. The highest BCUT2D eigenvalue weighted by molar-refractivity contribution is 5.94. The average molecular weight is 432 g/mol. The molecule has 0 aliphatic rings. The molecule has 0 aromatic carbocycles. The van der Waals surface area contributed by atoms with Gasteiger partial charge < -0.3 is 37.6 Å². The van der Waals surface area contributed by atoms with Crippen LogP contribution in [0.1, 0.15) is 53.4 Å². The summed E-state index contributed by atoms with van der Waals surface area (Å²) in [4.78, 5) is 48.4. The molecule has 0 rings (SSSR count). The van der Waals surface area contributed by atoms with Crippen LogP contribution in [-0.4, -0.2) is 70.7 Å². The van der Waals surface area contributed by atoms with Crippen LogP contribution in [0.4, 0.5) is 0 Å². The summed E-state index contributed by atoms with van der Waals surface area (Å²) in [7, 11) is 0. The molecular weight excluding hydrogens is 394 g/mol. The standard InChI is InChI=1S/C19H37N5O6/c1-5-10(2)14(21)18(28)22-11(3)16(26)23-13(8-6-7-9-20)17(27)24-15(12(4)25)19(29)30/h10-15,25H,5-9,20-21H2,1-4H3,(H,22,28)(H,23,26)(H,24,27)(H,29,30). The summed E-state index contributed by atoms with van der Waals surface area (Å²) < 4.78 is 0. The van der Waals surface area contributed by atoms with Gasteiger partial charge in [-0.25, -0.2) is 4.79 Å². The van der Waals surface area contributed by atoms with Crippen LogP contribution in [0.25, 0.3) is 0 Å². The van der Waals surface area contributed by atoms with Crippen molar-refractivity contribution >= 4 is 23.7 Å². The third-order valence-electron chi connectivity index (χ3n) is 4.94. The highest BCUT2D eigenvalue weighted by atomic mass is 16.4. The predicted octanol–water partition coefficient (Wildman–Crippen LogP) is -1.57. The van der Waals surface area contributed by atoms with E-state index in [4.69, 9.17) is 16.6 Å². The van der Waals surface area contributed by atoms with Crippen molar-refractivity contribution in [3.63, 3.8) is 0 Å². The Morgan fingerprint density at radius 2 is 1.53 bits per heavy atom. The second kappa shape index (κ2) is 13.9. The van der Waals surface area contributed by atoms with E-state index >= 15 is 0 Å². The Bertz CT molecular complexity index is 586. The number of hydrogen-bond donors (Lipinski definition) is 7. The van der Waals surface area contributed by atoms with Gasteiger partial charge in [-0.2, -0.15) is 0 Å². The second-order valence-corrected chi connectivity index (χ2v) is 7.55. The van der Waals surface area contributed by atoms with Gasteiger partial charge in [0, 0.05) is 0 Å². The SMILES string of the molecule is CCC(C)C(N)C(=O)NC(C)C(=O)NC(CCCCN)C(=O)NC(C(=O)O)C(C)O. The van der Waals surface area contributed by atoms with Crippen molar-refractivity contribution in [2.45, 2.75) is 83.6 Å². The van der Waals surface area contributed by atoms with Gasteiger partial charge in [0.2, 0.25) is 17.7 Å². The number of amides is 3. The van der Waals surface area contributed by atoms with Crippen LogP contribution in [-0.2, 0) is 19.2 Å². The maximum Gasteiger partial charge on any atom is 0.328 e. The van der Waals surface area contributed by atoms with Crippen LogP contribution < -0.4 is 27.4 Å². The Morgan fingerprint density at radius 3 is 2.00 bits per heavy atom. The summed E-state index contributed by atoms with van der Waals surface area (Å²) in [5, 5.41) is 26.0. The number of nitrogens with two attached hydrogens (primary N) is 2. The fourth-order valence-corrected chi connectivity index (χ4v) is 2.59. The highest BCUT2D eigenvalue weighted by Crippen LogP contribution is 2.06. The lowest BCUT2D eigenvalue weighted by Crippen LogP contribution is -2.58. The number of aliphatic hydroxyl groups excluding tert-OH is 1. The zero-order chi connectivity index (χ0) is 23.4. The van der Waals surface area contributed by atoms with Crippen LogP contribution in [0.2, 0.25) is 0 Å². The molecule has 6 atom stereocenters. The lowest BCUT2D eigenvalue weighted by Gasteiger charge is -2.25. The second-order valence-electron chi connectivity index (χ2n) is 7.55. The molecule has 11 nitrogen and oxygen atoms in total. The van der Waals surface area contributed by atoms with E-state index in [1.165, 1.54) is 13.8 Å². The fourth-order valence-electron chi connectivity index (χ4n) is 2.59. The maximum atomic E-state index is 12.5. The first kappa shape index (κ1) is 27.8. The highest BCUT2D eigenvalue weighted by Gasteiger charge is 2.30. The average Bonchev–Trinajstić information content (AvgIpc) is 2.68. The molecule has 0 aliphatic carbocycles. The van der Waals surface area contributed by atoms with Gasteiger partial charge in [0.25, 0.3) is 0 Å². The van der Waals surface area contributed by atoms with Crippen LogP contribution in [0, 0.1) is 5.92 Å². The zero-order valence-electron chi connectivity index (χ0n) is 18.2. The van der Waals surface area contributed by atoms with Gasteiger partial charge in [0.05, 0.1) is 12.1 Å². The van der Waals surface area contributed by atoms with E-state index in [1.54, 1.807) is 0 Å². The molecule has 3 amide bonds. The van der Waals surface area contributed by atoms with Crippen molar-refractivity contribution in [1.29, 1.82) is 0 Å². The number of aliphatic carboxylic acids is 1. The molecule has 0 spiro atoms. The number of nitrogens with one attached hydrogen (secondary N) is 3. The van der Waals surface area contributed by atoms with Gasteiger partial charge in [-0.1, -0.05) is 20.3 Å². The van der Waals surface area contributed by atoms with Crippen molar-refractivity contribution in [1.82, 2.24) is 16.0 Å². The molecular formula is C19H37N5O6. The van der Waals surface area contributed by atoms with Crippen LogP contribution in [0.5, 0.6) is 0 Å². The topological polar surface area (TPSA) is 197 Å². The largest absolute Gasteiger partial charge is 0.480 e. The summed E-state index contributed by atoms with van der Waals surface area (Å²) in [5.41, 5.74) is 11.3. The van der Waals surface area contributed by atoms with Gasteiger partial charge in [-0.15, -0.1) is 0 Å². The third-order valence-corrected chi connectivity index (χ3v) is 4.94. The molecule has 11 heteroatoms. The quantitative estimate of drug-likeness (QED) is 0.160. The predicted molar refractivity (Wildman–Crippen MR) is 111 cm³/mol. The molecule has 9 N–H and O–H groups in total. The van der Waals surface area contributed by atoms with E-state index < -0.39 is 54.0 Å². The maximum absolute atomic E-state index is 12.5. The van der Waals surface area contributed by atoms with Gasteiger partial charge >= 0.3 is 5.97 Å². The molecule has 0 heterocycles. The summed E-state index contributed by atoms with van der Waals surface area (Å²) in [5.74, 6) is -3.30. The minimum Gasteiger partial charge on any atom is -0.480 e. The van der Waals surface area contributed by atoms with E-state index in [0.717, 1.165) is 0 Å². The van der Waals surface area contributed by atoms with E-state index in [0.29, 0.717) is 25.8 Å². The number of rotatable bonds is 14. The molecule has 0 aliphatic heterocycles. The monoisotopic (exact) mass is 431 g/mol. The minimum atomic E-state index is -1.52. The Morgan fingerprint density at radius 1 is 0.933 bits per heavy atom. The van der Waals surface area contributed by atoms with Crippen molar-refractivity contribution in [3.05, 3.63) is 0 Å². The fraction of sp³-hybridized carbons (Fsp3) is 0.789. The number of aliphatic hydroxyl groups is 1. The van der Waals surface area contributed by atoms with Crippen molar-refractivity contribution in [2.24, 2.45) is 17.4 Å². The van der Waals surface area contributed by atoms with E-state index in [1.807, 2.05) is 13.8 Å². The first-order valence-electron chi connectivity index (χ1n) is 10.2. The van der Waals surface area contributed by atoms with Gasteiger partial charge in [-0.3, -0.25) is 14.4 Å². The smallest absolute Gasteiger partial charge is 0.328 e. The van der Waals surface area contributed by atoms with Gasteiger partial charge in [-0.05, 0) is 45.6 Å². The number of carboxylic acids is 1. The Hall–Kier alpha value is -2.24. The minimum absolute atomic E-state index is 0.0662. The molecule has 0 aromatic rings. The lowest BCUT2D eigenvalue weighted by molar-refractivity contribution is -0.145. The molecule has 174 valence electrons. The van der Waals surface area contributed by atoms with E-state index in [9.17, 15) is 24.3 Å². The summed E-state index contributed by atoms with van der Waals surface area (Å²) in [6.45, 7) is 6.82. The Labute approximate surface area is 177 Å².